The number of aromatic carboxylic acids is 1. The Labute approximate surface area is 169 Å². The predicted molar refractivity (Wildman–Crippen MR) is 109 cm³/mol. The number of hydrogen-bond donors (Lipinski definition) is 1. The number of aromatic nitrogens is 2. The van der Waals surface area contributed by atoms with Gasteiger partial charge in [-0.2, -0.15) is 5.10 Å². The molecule has 3 aromatic rings. The summed E-state index contributed by atoms with van der Waals surface area (Å²) in [6.45, 7) is 1.25. The Bertz CT molecular complexity index is 937. The number of benzene rings is 2. The summed E-state index contributed by atoms with van der Waals surface area (Å²) in [5.74, 6) is -1.19. The second-order valence-electron chi connectivity index (χ2n) is 7.33. The van der Waals surface area contributed by atoms with Crippen molar-refractivity contribution in [2.45, 2.75) is 24.8 Å². The van der Waals surface area contributed by atoms with Crippen LogP contribution in [0.4, 0.5) is 0 Å². The van der Waals surface area contributed by atoms with Crippen LogP contribution in [0.3, 0.4) is 0 Å². The zero-order chi connectivity index (χ0) is 20.2. The Morgan fingerprint density at radius 1 is 0.931 bits per heavy atom. The van der Waals surface area contributed by atoms with E-state index in [2.05, 4.69) is 5.10 Å². The van der Waals surface area contributed by atoms with Crippen molar-refractivity contribution >= 4 is 11.9 Å². The first-order valence-electron chi connectivity index (χ1n) is 9.79. The molecule has 0 atom stereocenters. The highest BCUT2D eigenvalue weighted by Gasteiger charge is 2.31. The van der Waals surface area contributed by atoms with E-state index in [1.54, 1.807) is 10.9 Å². The van der Waals surface area contributed by atoms with Crippen LogP contribution < -0.4 is 0 Å². The summed E-state index contributed by atoms with van der Waals surface area (Å²) in [5.41, 5.74) is 2.17. The van der Waals surface area contributed by atoms with Crippen molar-refractivity contribution in [2.75, 3.05) is 13.1 Å². The van der Waals surface area contributed by atoms with E-state index in [1.807, 2.05) is 65.6 Å². The lowest BCUT2D eigenvalue weighted by Crippen LogP contribution is -2.41. The predicted octanol–water partition coefficient (Wildman–Crippen LogP) is 3.58. The molecule has 0 spiro atoms. The van der Waals surface area contributed by atoms with Gasteiger partial charge in [0.2, 0.25) is 5.91 Å². The van der Waals surface area contributed by atoms with Gasteiger partial charge >= 0.3 is 5.97 Å². The van der Waals surface area contributed by atoms with Crippen molar-refractivity contribution in [3.63, 3.8) is 0 Å². The third kappa shape index (κ3) is 4.06. The summed E-state index contributed by atoms with van der Waals surface area (Å²) < 4.78 is 1.72. The van der Waals surface area contributed by atoms with Crippen LogP contribution in [-0.4, -0.2) is 44.8 Å². The third-order valence-corrected chi connectivity index (χ3v) is 5.51. The lowest BCUT2D eigenvalue weighted by Gasteiger charge is -2.34. The molecule has 2 aromatic carbocycles. The number of amides is 1. The molecule has 4 rings (SSSR count). The molecule has 0 bridgehead atoms. The number of nitrogens with zero attached hydrogens (tertiary/aromatic N) is 3. The minimum Gasteiger partial charge on any atom is -0.478 e. The van der Waals surface area contributed by atoms with Crippen molar-refractivity contribution in [3.8, 4) is 0 Å². The molecule has 0 saturated carbocycles. The second kappa shape index (κ2) is 8.31. The first kappa shape index (κ1) is 18.9. The number of carbonyl (C=O) groups is 2. The van der Waals surface area contributed by atoms with Crippen molar-refractivity contribution < 1.29 is 14.7 Å². The summed E-state index contributed by atoms with van der Waals surface area (Å²) >= 11 is 0. The molecule has 1 aliphatic rings. The SMILES string of the molecule is O=C(O)c1cnn(C2CCN(C(=O)C(c3ccccc3)c3ccccc3)CC2)c1. The van der Waals surface area contributed by atoms with E-state index in [1.165, 1.54) is 6.20 Å². The standard InChI is InChI=1S/C23H23N3O3/c27-22(21(17-7-3-1-4-8-17)18-9-5-2-6-10-18)25-13-11-20(12-14-25)26-16-19(15-24-26)23(28)29/h1-10,15-16,20-21H,11-14H2,(H,28,29). The molecule has 1 aliphatic heterocycles. The molecular formula is C23H23N3O3. The van der Waals surface area contributed by atoms with Gasteiger partial charge in [0, 0.05) is 19.3 Å². The summed E-state index contributed by atoms with van der Waals surface area (Å²) in [7, 11) is 0. The molecular weight excluding hydrogens is 366 g/mol. The fourth-order valence-corrected chi connectivity index (χ4v) is 3.95. The molecule has 6 heteroatoms. The normalized spacial score (nSPS) is 14.9. The molecule has 1 aromatic heterocycles. The average molecular weight is 389 g/mol. The van der Waals surface area contributed by atoms with Crippen LogP contribution in [0.15, 0.2) is 73.1 Å². The average Bonchev–Trinajstić information content (AvgIpc) is 3.26. The summed E-state index contributed by atoms with van der Waals surface area (Å²) in [4.78, 5) is 26.5. The second-order valence-corrected chi connectivity index (χ2v) is 7.33. The number of carbonyl (C=O) groups excluding carboxylic acids is 1. The van der Waals surface area contributed by atoms with E-state index in [4.69, 9.17) is 5.11 Å². The maximum absolute atomic E-state index is 13.5. The van der Waals surface area contributed by atoms with E-state index in [0.29, 0.717) is 13.1 Å². The van der Waals surface area contributed by atoms with Gasteiger partial charge in [-0.15, -0.1) is 0 Å². The molecule has 0 aliphatic carbocycles. The third-order valence-electron chi connectivity index (χ3n) is 5.51. The van der Waals surface area contributed by atoms with Gasteiger partial charge in [0.25, 0.3) is 0 Å². The zero-order valence-corrected chi connectivity index (χ0v) is 16.0. The molecule has 1 N–H and O–H groups in total. The van der Waals surface area contributed by atoms with Crippen LogP contribution in [0.5, 0.6) is 0 Å². The van der Waals surface area contributed by atoms with Gasteiger partial charge in [-0.3, -0.25) is 9.48 Å². The number of likely N-dealkylation sites (tertiary alicyclic amines) is 1. The van der Waals surface area contributed by atoms with Gasteiger partial charge in [0.15, 0.2) is 0 Å². The van der Waals surface area contributed by atoms with Crippen LogP contribution in [0.2, 0.25) is 0 Å². The van der Waals surface area contributed by atoms with Gasteiger partial charge < -0.3 is 10.0 Å². The minimum absolute atomic E-state index is 0.104. The highest BCUT2D eigenvalue weighted by Crippen LogP contribution is 2.30. The molecule has 29 heavy (non-hydrogen) atoms. The Morgan fingerprint density at radius 3 is 1.97 bits per heavy atom. The fourth-order valence-electron chi connectivity index (χ4n) is 3.95. The number of rotatable bonds is 5. The number of piperidine rings is 1. The fraction of sp³-hybridized carbons (Fsp3) is 0.261. The largest absolute Gasteiger partial charge is 0.478 e. The summed E-state index contributed by atoms with van der Waals surface area (Å²) in [5, 5.41) is 13.3. The quantitative estimate of drug-likeness (QED) is 0.724. The van der Waals surface area contributed by atoms with E-state index in [-0.39, 0.29) is 23.4 Å². The number of carboxylic acid groups (broad SMARTS) is 1. The Balaban J connectivity index is 1.50. The van der Waals surface area contributed by atoms with E-state index in [9.17, 15) is 9.59 Å². The molecule has 1 amide bonds. The highest BCUT2D eigenvalue weighted by atomic mass is 16.4. The first-order chi connectivity index (χ1) is 14.1. The Morgan fingerprint density at radius 2 is 1.48 bits per heavy atom. The minimum atomic E-state index is -0.975. The molecule has 0 radical (unpaired) electrons. The van der Waals surface area contributed by atoms with E-state index >= 15 is 0 Å². The van der Waals surface area contributed by atoms with Gasteiger partial charge in [-0.1, -0.05) is 60.7 Å². The smallest absolute Gasteiger partial charge is 0.338 e. The Kier molecular flexibility index (Phi) is 5.42. The molecule has 2 heterocycles. The topological polar surface area (TPSA) is 75.4 Å². The highest BCUT2D eigenvalue weighted by molar-refractivity contribution is 5.87. The lowest BCUT2D eigenvalue weighted by atomic mass is 9.89. The van der Waals surface area contributed by atoms with Gasteiger partial charge in [0.1, 0.15) is 0 Å². The van der Waals surface area contributed by atoms with E-state index in [0.717, 1.165) is 24.0 Å². The van der Waals surface area contributed by atoms with Gasteiger partial charge in [-0.25, -0.2) is 4.79 Å². The number of carboxylic acids is 1. The maximum atomic E-state index is 13.5. The molecule has 1 fully saturated rings. The van der Waals surface area contributed by atoms with Crippen LogP contribution >= 0.6 is 0 Å². The van der Waals surface area contributed by atoms with Crippen LogP contribution in [0.25, 0.3) is 0 Å². The van der Waals surface area contributed by atoms with Crippen molar-refractivity contribution in [3.05, 3.63) is 89.7 Å². The number of hydrogen-bond acceptors (Lipinski definition) is 3. The molecule has 1 saturated heterocycles. The van der Waals surface area contributed by atoms with Crippen LogP contribution in [0.1, 0.15) is 46.3 Å². The zero-order valence-electron chi connectivity index (χ0n) is 16.0. The van der Waals surface area contributed by atoms with Crippen LogP contribution in [-0.2, 0) is 4.79 Å². The van der Waals surface area contributed by atoms with Gasteiger partial charge in [0.05, 0.1) is 23.7 Å². The Hall–Kier alpha value is -3.41. The van der Waals surface area contributed by atoms with E-state index < -0.39 is 5.97 Å². The lowest BCUT2D eigenvalue weighted by molar-refractivity contribution is -0.133. The molecule has 0 unspecified atom stereocenters. The maximum Gasteiger partial charge on any atom is 0.338 e. The van der Waals surface area contributed by atoms with Crippen molar-refractivity contribution in [1.29, 1.82) is 0 Å². The van der Waals surface area contributed by atoms with Crippen molar-refractivity contribution in [1.82, 2.24) is 14.7 Å². The van der Waals surface area contributed by atoms with Gasteiger partial charge in [-0.05, 0) is 24.0 Å². The summed E-state index contributed by atoms with van der Waals surface area (Å²) in [6.07, 6.45) is 4.45. The van der Waals surface area contributed by atoms with Crippen molar-refractivity contribution in [2.24, 2.45) is 0 Å². The molecule has 148 valence electrons. The van der Waals surface area contributed by atoms with Crippen LogP contribution in [0, 0.1) is 0 Å². The first-order valence-corrected chi connectivity index (χ1v) is 9.79. The summed E-state index contributed by atoms with van der Waals surface area (Å²) in [6, 6.07) is 19.9. The monoisotopic (exact) mass is 389 g/mol. The molecule has 6 nitrogen and oxygen atoms in total.